The molecule has 0 unspecified atom stereocenters. The first-order valence-corrected chi connectivity index (χ1v) is 14.0. The first-order chi connectivity index (χ1) is 22.1. The molecule has 47 heavy (non-hydrogen) atoms. The minimum Gasteiger partial charge on any atom is -0.406 e. The van der Waals surface area contributed by atoms with Crippen LogP contribution in [0.3, 0.4) is 0 Å². The lowest BCUT2D eigenvalue weighted by atomic mass is 9.86. The van der Waals surface area contributed by atoms with E-state index in [2.05, 4.69) is 14.7 Å². The Labute approximate surface area is 261 Å². The van der Waals surface area contributed by atoms with Crippen LogP contribution < -0.4 is 9.30 Å². The Morgan fingerprint density at radius 3 is 2.30 bits per heavy atom. The van der Waals surface area contributed by atoms with E-state index < -0.39 is 60.4 Å². The maximum atomic E-state index is 14.2. The summed E-state index contributed by atoms with van der Waals surface area (Å²) < 4.78 is 113. The van der Waals surface area contributed by atoms with Crippen LogP contribution in [0.4, 0.5) is 35.1 Å². The van der Waals surface area contributed by atoms with Crippen LogP contribution in [0, 0.1) is 11.6 Å². The number of halogens is 8. The minimum absolute atomic E-state index is 0.138. The van der Waals surface area contributed by atoms with E-state index in [4.69, 9.17) is 0 Å². The number of H-pyrrole nitrogens is 1. The average molecular weight is 663 g/mol. The fraction of sp³-hybridized carbons (Fsp3) is 0.212. The number of hydrogen-bond acceptors (Lipinski definition) is 4. The van der Waals surface area contributed by atoms with Crippen molar-refractivity contribution >= 4 is 22.6 Å². The molecule has 2 heterocycles. The number of imidazole rings is 1. The lowest BCUT2D eigenvalue weighted by molar-refractivity contribution is -0.678. The van der Waals surface area contributed by atoms with E-state index in [0.29, 0.717) is 27.3 Å². The highest BCUT2D eigenvalue weighted by Crippen LogP contribution is 2.34. The van der Waals surface area contributed by atoms with Crippen molar-refractivity contribution in [2.45, 2.75) is 44.8 Å². The third-order valence-electron chi connectivity index (χ3n) is 7.30. The zero-order valence-electron chi connectivity index (χ0n) is 24.3. The Balaban J connectivity index is 1.56. The zero-order valence-corrected chi connectivity index (χ0v) is 24.3. The average Bonchev–Trinajstić information content (AvgIpc) is 3.33. The van der Waals surface area contributed by atoms with Gasteiger partial charge in [-0.1, -0.05) is 24.3 Å². The lowest BCUT2D eigenvalue weighted by Crippen LogP contribution is -2.44. The van der Waals surface area contributed by atoms with Crippen LogP contribution in [0.25, 0.3) is 22.2 Å². The van der Waals surface area contributed by atoms with Crippen LogP contribution in [-0.4, -0.2) is 27.9 Å². The van der Waals surface area contributed by atoms with Gasteiger partial charge < -0.3 is 4.74 Å². The van der Waals surface area contributed by atoms with Crippen molar-refractivity contribution in [3.05, 3.63) is 113 Å². The van der Waals surface area contributed by atoms with Gasteiger partial charge in [0.15, 0.2) is 22.6 Å². The summed E-state index contributed by atoms with van der Waals surface area (Å²) >= 11 is 0. The summed E-state index contributed by atoms with van der Waals surface area (Å²) in [5.74, 6) is -5.92. The predicted octanol–water partition coefficient (Wildman–Crippen LogP) is 7.90. The van der Waals surface area contributed by atoms with Gasteiger partial charge in [-0.15, -0.1) is 13.2 Å². The molecular formula is C33H24F8N3O3+. The summed E-state index contributed by atoms with van der Waals surface area (Å²) in [7, 11) is 0. The summed E-state index contributed by atoms with van der Waals surface area (Å²) in [6.07, 6.45) is -9.38. The summed E-state index contributed by atoms with van der Waals surface area (Å²) in [4.78, 5) is 32.2. The van der Waals surface area contributed by atoms with Gasteiger partial charge in [-0.2, -0.15) is 13.2 Å². The number of ketones is 2. The number of rotatable bonds is 10. The normalized spacial score (nSPS) is 12.7. The van der Waals surface area contributed by atoms with E-state index in [9.17, 15) is 44.7 Å². The van der Waals surface area contributed by atoms with E-state index in [1.807, 2.05) is 0 Å². The van der Waals surface area contributed by atoms with E-state index in [1.165, 1.54) is 13.1 Å². The van der Waals surface area contributed by atoms with Gasteiger partial charge in [-0.3, -0.25) is 14.6 Å². The molecule has 0 aliphatic rings. The number of Topliss-reactive ketones (excluding diaryl/α,β-unsaturated/α-hetero) is 2. The van der Waals surface area contributed by atoms with Gasteiger partial charge in [-0.25, -0.2) is 18.3 Å². The van der Waals surface area contributed by atoms with Crippen LogP contribution in [0.15, 0.2) is 79.0 Å². The number of nitrogens with zero attached hydrogens (tertiary/aromatic N) is 2. The van der Waals surface area contributed by atoms with Gasteiger partial charge >= 0.3 is 18.4 Å². The number of benzene rings is 3. The number of carbonyl (C=O) groups excluding carboxylic acids is 2. The molecule has 0 bridgehead atoms. The van der Waals surface area contributed by atoms with Gasteiger partial charge in [-0.05, 0) is 60.9 Å². The van der Waals surface area contributed by atoms with Crippen LogP contribution in [0.5, 0.6) is 5.75 Å². The first kappa shape index (κ1) is 33.2. The molecule has 0 fully saturated rings. The molecule has 244 valence electrons. The molecule has 0 saturated carbocycles. The number of hydrogen-bond donors (Lipinski definition) is 1. The number of fused-ring (bicyclic) bond motifs is 1. The first-order valence-electron chi connectivity index (χ1n) is 14.0. The molecule has 1 atom stereocenters. The molecule has 0 aliphatic carbocycles. The molecule has 6 nitrogen and oxygen atoms in total. The molecular weight excluding hydrogens is 638 g/mol. The van der Waals surface area contributed by atoms with Gasteiger partial charge in [0.1, 0.15) is 23.9 Å². The molecule has 3 aromatic carbocycles. The minimum atomic E-state index is -5.12. The molecule has 0 amide bonds. The van der Waals surface area contributed by atoms with Gasteiger partial charge in [0.25, 0.3) is 0 Å². The Morgan fingerprint density at radius 1 is 0.915 bits per heavy atom. The highest BCUT2D eigenvalue weighted by atomic mass is 19.4. The maximum Gasteiger partial charge on any atom is 0.573 e. The highest BCUT2D eigenvalue weighted by molar-refractivity contribution is 5.95. The van der Waals surface area contributed by atoms with Crippen molar-refractivity contribution < 1.29 is 54.0 Å². The molecule has 2 aromatic heterocycles. The van der Waals surface area contributed by atoms with Gasteiger partial charge in [0.05, 0.1) is 5.69 Å². The van der Waals surface area contributed by atoms with Gasteiger partial charge in [0, 0.05) is 41.8 Å². The standard InChI is InChI=1S/C33H23F8N3O3/c1-18(45)20-4-2-5-21(13-20)27-6-3-9-42-30(27)22(10-19-11-23(34)15-24(35)12-19)14-25(46)17-44-29-16-26(47-33(39,40)41)7-8-28(29)43-31(44)32(36,37)38/h2-9,11-13,15-16,22H,10,14,17H2,1H3/p+1/t22-/m1/s1. The Bertz CT molecular complexity index is 1950. The second-order valence-corrected chi connectivity index (χ2v) is 10.8. The number of ether oxygens (including phenoxy) is 1. The fourth-order valence-electron chi connectivity index (χ4n) is 5.43. The number of aromatic amines is 1. The fourth-order valence-corrected chi connectivity index (χ4v) is 5.43. The third kappa shape index (κ3) is 7.99. The topological polar surface area (TPSA) is 75.9 Å². The molecule has 14 heteroatoms. The van der Waals surface area contributed by atoms with Crippen LogP contribution in [0.2, 0.25) is 0 Å². The van der Waals surface area contributed by atoms with Gasteiger partial charge in [0.2, 0.25) is 0 Å². The van der Waals surface area contributed by atoms with E-state index in [1.54, 1.807) is 36.4 Å². The van der Waals surface area contributed by atoms with Crippen molar-refractivity contribution in [3.8, 4) is 16.9 Å². The smallest absolute Gasteiger partial charge is 0.406 e. The maximum absolute atomic E-state index is 14.2. The molecule has 0 spiro atoms. The number of carbonyl (C=O) groups is 2. The van der Waals surface area contributed by atoms with Crippen LogP contribution in [-0.2, 0) is 23.9 Å². The van der Waals surface area contributed by atoms with Crippen molar-refractivity contribution in [1.82, 2.24) is 9.97 Å². The third-order valence-corrected chi connectivity index (χ3v) is 7.30. The summed E-state index contributed by atoms with van der Waals surface area (Å²) in [6, 6.07) is 15.1. The molecule has 0 aliphatic heterocycles. The molecule has 1 N–H and O–H groups in total. The van der Waals surface area contributed by atoms with Crippen molar-refractivity contribution in [3.63, 3.8) is 0 Å². The van der Waals surface area contributed by atoms with Crippen LogP contribution >= 0.6 is 0 Å². The number of pyridine rings is 1. The van der Waals surface area contributed by atoms with E-state index in [-0.39, 0.29) is 34.5 Å². The molecule has 5 rings (SSSR count). The summed E-state index contributed by atoms with van der Waals surface area (Å²) in [5.41, 5.74) is 1.20. The number of nitrogens with one attached hydrogen (secondary N) is 1. The largest absolute Gasteiger partial charge is 0.573 e. The van der Waals surface area contributed by atoms with E-state index in [0.717, 1.165) is 30.3 Å². The van der Waals surface area contributed by atoms with Crippen LogP contribution in [0.1, 0.15) is 46.7 Å². The zero-order chi connectivity index (χ0) is 34.1. The monoisotopic (exact) mass is 662 g/mol. The molecule has 0 radical (unpaired) electrons. The molecule has 5 aromatic rings. The Morgan fingerprint density at radius 2 is 1.64 bits per heavy atom. The van der Waals surface area contributed by atoms with Crippen molar-refractivity contribution in [2.75, 3.05) is 0 Å². The Hall–Kier alpha value is -5.14. The summed E-state index contributed by atoms with van der Waals surface area (Å²) in [5, 5.41) is 0. The number of alkyl halides is 6. The second-order valence-electron chi connectivity index (χ2n) is 10.8. The SMILES string of the molecule is CC(=O)c1cccc(-c2cccnc2[C@@H](CC(=O)C[n+]2c(C(F)(F)F)[nH]c3ccc(OC(F)(F)F)cc32)Cc2cc(F)cc(F)c2)c1. The summed E-state index contributed by atoms with van der Waals surface area (Å²) in [6.45, 7) is 0.444. The lowest BCUT2D eigenvalue weighted by Gasteiger charge is -2.20. The highest BCUT2D eigenvalue weighted by Gasteiger charge is 2.45. The molecule has 0 saturated heterocycles. The number of aromatic nitrogens is 3. The quantitative estimate of drug-likeness (QED) is 0.0938. The van der Waals surface area contributed by atoms with E-state index >= 15 is 0 Å². The predicted molar refractivity (Wildman–Crippen MR) is 152 cm³/mol. The van der Waals surface area contributed by atoms with Crippen molar-refractivity contribution in [1.29, 1.82) is 0 Å². The second kappa shape index (κ2) is 12.9. The Kier molecular flexibility index (Phi) is 9.14. The van der Waals surface area contributed by atoms with Crippen molar-refractivity contribution in [2.24, 2.45) is 0 Å².